The lowest BCUT2D eigenvalue weighted by molar-refractivity contribution is 0.200. The predicted octanol–water partition coefficient (Wildman–Crippen LogP) is 1.54. The van der Waals surface area contributed by atoms with Crippen molar-refractivity contribution >= 4 is 5.71 Å². The lowest BCUT2D eigenvalue weighted by atomic mass is 9.86. The zero-order valence-corrected chi connectivity index (χ0v) is 10.7. The highest BCUT2D eigenvalue weighted by atomic mass is 15.2. The zero-order valence-electron chi connectivity index (χ0n) is 10.7. The molecule has 0 radical (unpaired) electrons. The van der Waals surface area contributed by atoms with Crippen molar-refractivity contribution in [1.29, 1.82) is 0 Å². The number of nitrogens with zero attached hydrogens (tertiary/aromatic N) is 2. The maximum atomic E-state index is 4.80. The monoisotopic (exact) mass is 223 g/mol. The minimum atomic E-state index is 0.601. The summed E-state index contributed by atoms with van der Waals surface area (Å²) in [7, 11) is 0. The number of hydrogen-bond acceptors (Lipinski definition) is 3. The fourth-order valence-corrected chi connectivity index (χ4v) is 2.65. The van der Waals surface area contributed by atoms with Crippen molar-refractivity contribution in [3.05, 3.63) is 0 Å². The second-order valence-corrected chi connectivity index (χ2v) is 5.39. The van der Waals surface area contributed by atoms with E-state index >= 15 is 0 Å². The van der Waals surface area contributed by atoms with Gasteiger partial charge in [0.2, 0.25) is 0 Å². The zero-order chi connectivity index (χ0) is 11.4. The van der Waals surface area contributed by atoms with Crippen LogP contribution < -0.4 is 5.32 Å². The van der Waals surface area contributed by atoms with E-state index in [0.29, 0.717) is 6.04 Å². The maximum absolute atomic E-state index is 4.80. The molecule has 3 heterocycles. The van der Waals surface area contributed by atoms with Crippen LogP contribution in [0.3, 0.4) is 0 Å². The molecule has 3 aliphatic rings. The second-order valence-electron chi connectivity index (χ2n) is 5.39. The minimum absolute atomic E-state index is 0.601. The Labute approximate surface area is 99.3 Å². The van der Waals surface area contributed by atoms with Gasteiger partial charge >= 0.3 is 0 Å². The smallest absolute Gasteiger partial charge is 0.0401 e. The Kier molecular flexibility index (Phi) is 4.36. The fraction of sp³-hybridized carbons (Fsp3) is 0.923. The first-order valence-corrected chi connectivity index (χ1v) is 6.74. The molecule has 3 saturated heterocycles. The lowest BCUT2D eigenvalue weighted by Crippen LogP contribution is -2.48. The largest absolute Gasteiger partial charge is 0.314 e. The molecule has 3 heteroatoms. The third-order valence-electron chi connectivity index (χ3n) is 3.65. The van der Waals surface area contributed by atoms with E-state index in [1.807, 2.05) is 0 Å². The highest BCUT2D eigenvalue weighted by Crippen LogP contribution is 2.25. The lowest BCUT2D eigenvalue weighted by Gasteiger charge is -2.40. The summed E-state index contributed by atoms with van der Waals surface area (Å²) in [5.41, 5.74) is 1.49. The molecular formula is C13H25N3. The van der Waals surface area contributed by atoms with E-state index in [4.69, 9.17) is 4.99 Å². The van der Waals surface area contributed by atoms with Gasteiger partial charge in [0.15, 0.2) is 0 Å². The van der Waals surface area contributed by atoms with Gasteiger partial charge in [0.25, 0.3) is 0 Å². The normalized spacial score (nSPS) is 31.6. The highest BCUT2D eigenvalue weighted by Gasteiger charge is 2.30. The van der Waals surface area contributed by atoms with Crippen LogP contribution in [-0.2, 0) is 0 Å². The van der Waals surface area contributed by atoms with Gasteiger partial charge in [-0.3, -0.25) is 9.89 Å². The Morgan fingerprint density at radius 2 is 2.12 bits per heavy atom. The van der Waals surface area contributed by atoms with E-state index in [2.05, 4.69) is 24.1 Å². The molecule has 2 bridgehead atoms. The van der Waals surface area contributed by atoms with Crippen LogP contribution in [0.1, 0.15) is 33.1 Å². The van der Waals surface area contributed by atoms with Crippen molar-refractivity contribution in [1.82, 2.24) is 10.2 Å². The van der Waals surface area contributed by atoms with E-state index in [0.717, 1.165) is 25.6 Å². The molecule has 16 heavy (non-hydrogen) atoms. The molecule has 0 aliphatic carbocycles. The Bertz CT molecular complexity index is 240. The molecule has 0 aromatic heterocycles. The summed E-state index contributed by atoms with van der Waals surface area (Å²) in [6.07, 6.45) is 3.88. The van der Waals surface area contributed by atoms with Gasteiger partial charge in [0.05, 0.1) is 0 Å². The summed E-state index contributed by atoms with van der Waals surface area (Å²) in [5, 5.41) is 3.44. The fourth-order valence-electron chi connectivity index (χ4n) is 2.65. The first kappa shape index (κ1) is 12.1. The first-order valence-electron chi connectivity index (χ1n) is 6.74. The highest BCUT2D eigenvalue weighted by molar-refractivity contribution is 5.90. The molecule has 0 atom stereocenters. The molecule has 3 nitrogen and oxygen atoms in total. The summed E-state index contributed by atoms with van der Waals surface area (Å²) in [6.45, 7) is 10.3. The van der Waals surface area contributed by atoms with Crippen LogP contribution in [0.2, 0.25) is 0 Å². The van der Waals surface area contributed by atoms with Crippen molar-refractivity contribution in [2.24, 2.45) is 10.9 Å². The number of rotatable bonds is 5. The Morgan fingerprint density at radius 3 is 2.69 bits per heavy atom. The summed E-state index contributed by atoms with van der Waals surface area (Å²) < 4.78 is 0. The van der Waals surface area contributed by atoms with Gasteiger partial charge in [-0.25, -0.2) is 0 Å². The Morgan fingerprint density at radius 1 is 1.38 bits per heavy atom. The number of piperidine rings is 3. The molecule has 0 aromatic carbocycles. The van der Waals surface area contributed by atoms with Crippen LogP contribution in [0.15, 0.2) is 4.99 Å². The van der Waals surface area contributed by atoms with Gasteiger partial charge in [-0.15, -0.1) is 0 Å². The van der Waals surface area contributed by atoms with Crippen molar-refractivity contribution in [3.8, 4) is 0 Å². The summed E-state index contributed by atoms with van der Waals surface area (Å²) in [6, 6.07) is 0.601. The predicted molar refractivity (Wildman–Crippen MR) is 69.2 cm³/mol. The Hall–Kier alpha value is -0.410. The third-order valence-corrected chi connectivity index (χ3v) is 3.65. The number of nitrogens with one attached hydrogen (secondary N) is 1. The standard InChI is InChI=1S/C13H25N3/c1-11(2)14-6-3-7-15-13-10-16-8-4-12(13)5-9-16/h11-12,14H,3-10H2,1-2H3. The maximum Gasteiger partial charge on any atom is 0.0401 e. The van der Waals surface area contributed by atoms with Crippen LogP contribution in [0, 0.1) is 5.92 Å². The molecule has 3 rings (SSSR count). The van der Waals surface area contributed by atoms with E-state index in [9.17, 15) is 0 Å². The second kappa shape index (κ2) is 5.78. The van der Waals surface area contributed by atoms with Crippen molar-refractivity contribution < 1.29 is 0 Å². The van der Waals surface area contributed by atoms with Gasteiger partial charge in [0, 0.05) is 30.8 Å². The van der Waals surface area contributed by atoms with Gasteiger partial charge in [0.1, 0.15) is 0 Å². The number of fused-ring (bicyclic) bond motifs is 3. The number of aliphatic imine (C=N–C) groups is 1. The van der Waals surface area contributed by atoms with E-state index in [1.165, 1.54) is 38.1 Å². The van der Waals surface area contributed by atoms with Crippen molar-refractivity contribution in [3.63, 3.8) is 0 Å². The number of hydrogen-bond donors (Lipinski definition) is 1. The van der Waals surface area contributed by atoms with Crippen LogP contribution in [0.25, 0.3) is 0 Å². The van der Waals surface area contributed by atoms with Gasteiger partial charge in [-0.2, -0.15) is 0 Å². The molecule has 0 amide bonds. The summed E-state index contributed by atoms with van der Waals surface area (Å²) >= 11 is 0. The third kappa shape index (κ3) is 3.29. The molecule has 3 aliphatic heterocycles. The van der Waals surface area contributed by atoms with Crippen LogP contribution >= 0.6 is 0 Å². The first-order chi connectivity index (χ1) is 7.75. The average molecular weight is 223 g/mol. The molecule has 3 fully saturated rings. The van der Waals surface area contributed by atoms with Gasteiger partial charge < -0.3 is 5.32 Å². The van der Waals surface area contributed by atoms with Gasteiger partial charge in [-0.1, -0.05) is 13.8 Å². The van der Waals surface area contributed by atoms with Gasteiger partial charge in [-0.05, 0) is 38.9 Å². The van der Waals surface area contributed by atoms with Crippen LogP contribution in [-0.4, -0.2) is 49.4 Å². The molecule has 0 aromatic rings. The quantitative estimate of drug-likeness (QED) is 0.716. The summed E-state index contributed by atoms with van der Waals surface area (Å²) in [5.74, 6) is 0.822. The average Bonchev–Trinajstić information content (AvgIpc) is 2.30. The molecule has 0 spiro atoms. The van der Waals surface area contributed by atoms with E-state index < -0.39 is 0 Å². The molecule has 0 saturated carbocycles. The topological polar surface area (TPSA) is 27.6 Å². The minimum Gasteiger partial charge on any atom is -0.314 e. The van der Waals surface area contributed by atoms with Crippen molar-refractivity contribution in [2.45, 2.75) is 39.2 Å². The molecule has 1 N–H and O–H groups in total. The van der Waals surface area contributed by atoms with E-state index in [1.54, 1.807) is 0 Å². The van der Waals surface area contributed by atoms with Crippen LogP contribution in [0.5, 0.6) is 0 Å². The summed E-state index contributed by atoms with van der Waals surface area (Å²) in [4.78, 5) is 7.34. The van der Waals surface area contributed by atoms with Crippen LogP contribution in [0.4, 0.5) is 0 Å². The molecule has 92 valence electrons. The molecule has 0 unspecified atom stereocenters. The Balaban J connectivity index is 1.67. The van der Waals surface area contributed by atoms with Crippen molar-refractivity contribution in [2.75, 3.05) is 32.7 Å². The van der Waals surface area contributed by atoms with E-state index in [-0.39, 0.29) is 0 Å². The SMILES string of the molecule is CC(C)NCCCN=C1CN2CCC1CC2. The molecular weight excluding hydrogens is 198 g/mol.